The van der Waals surface area contributed by atoms with E-state index in [-0.39, 0.29) is 11.7 Å². The van der Waals surface area contributed by atoms with Gasteiger partial charge in [0.25, 0.3) is 0 Å². The number of nitrogens with one attached hydrogen (secondary N) is 1. The van der Waals surface area contributed by atoms with E-state index in [1.807, 2.05) is 6.92 Å². The number of hydrogen-bond acceptors (Lipinski definition) is 3. The van der Waals surface area contributed by atoms with Gasteiger partial charge in [-0.1, -0.05) is 26.2 Å². The van der Waals surface area contributed by atoms with Gasteiger partial charge >= 0.3 is 6.18 Å². The van der Waals surface area contributed by atoms with E-state index in [0.717, 1.165) is 25.0 Å². The normalized spacial score (nSPS) is 15.6. The fourth-order valence-electron chi connectivity index (χ4n) is 2.20. The van der Waals surface area contributed by atoms with E-state index in [1.54, 1.807) is 0 Å². The quantitative estimate of drug-likeness (QED) is 0.805. The van der Waals surface area contributed by atoms with Gasteiger partial charge in [-0.05, 0) is 24.8 Å². The van der Waals surface area contributed by atoms with Crippen LogP contribution in [0.5, 0.6) is 5.88 Å². The lowest BCUT2D eigenvalue weighted by molar-refractivity contribution is -0.137. The Bertz CT molecular complexity index is 459. The van der Waals surface area contributed by atoms with Crippen molar-refractivity contribution in [3.63, 3.8) is 0 Å². The summed E-state index contributed by atoms with van der Waals surface area (Å²) in [4.78, 5) is 4.09. The summed E-state index contributed by atoms with van der Waals surface area (Å²) in [6.07, 6.45) is 0.950. The number of alkyl halides is 3. The molecule has 0 bridgehead atoms. The van der Waals surface area contributed by atoms with Crippen LogP contribution < -0.4 is 10.1 Å². The Balaban J connectivity index is 2.02. The van der Waals surface area contributed by atoms with Gasteiger partial charge in [0.1, 0.15) is 5.82 Å². The molecule has 1 aliphatic carbocycles. The first-order valence-electron chi connectivity index (χ1n) is 7.45. The molecule has 0 spiro atoms. The summed E-state index contributed by atoms with van der Waals surface area (Å²) in [7, 11) is 0. The Labute approximate surface area is 122 Å². The smallest absolute Gasteiger partial charge is 0.416 e. The third-order valence-electron chi connectivity index (χ3n) is 3.69. The van der Waals surface area contributed by atoms with Crippen LogP contribution in [0.1, 0.15) is 44.6 Å². The van der Waals surface area contributed by atoms with Crippen LogP contribution in [-0.2, 0) is 6.18 Å². The molecule has 0 aliphatic heterocycles. The molecule has 1 fully saturated rings. The monoisotopic (exact) mass is 302 g/mol. The predicted octanol–water partition coefficient (Wildman–Crippen LogP) is 4.49. The summed E-state index contributed by atoms with van der Waals surface area (Å²) < 4.78 is 44.0. The molecule has 3 nitrogen and oxygen atoms in total. The van der Waals surface area contributed by atoms with Crippen molar-refractivity contribution in [1.29, 1.82) is 0 Å². The molecule has 1 aliphatic rings. The summed E-state index contributed by atoms with van der Waals surface area (Å²) in [5.74, 6) is 0.918. The minimum Gasteiger partial charge on any atom is -0.478 e. The van der Waals surface area contributed by atoms with Crippen molar-refractivity contribution in [2.24, 2.45) is 5.92 Å². The van der Waals surface area contributed by atoms with Crippen LogP contribution in [0.15, 0.2) is 12.1 Å². The van der Waals surface area contributed by atoms with Gasteiger partial charge in [0.15, 0.2) is 0 Å². The molecule has 0 radical (unpaired) electrons. The van der Waals surface area contributed by atoms with Crippen molar-refractivity contribution in [1.82, 2.24) is 4.98 Å². The SMILES string of the molecule is CCCNc1cc(C(F)(F)F)cc(OCCC2CCC2)n1. The van der Waals surface area contributed by atoms with Gasteiger partial charge in [-0.2, -0.15) is 18.2 Å². The molecule has 0 unspecified atom stereocenters. The Hall–Kier alpha value is -1.46. The lowest BCUT2D eigenvalue weighted by atomic mass is 9.83. The standard InChI is InChI=1S/C15H21F3N2O/c1-2-7-19-13-9-12(15(16,17)18)10-14(20-13)21-8-6-11-4-3-5-11/h9-11H,2-8H2,1H3,(H,19,20). The van der Waals surface area contributed by atoms with E-state index in [9.17, 15) is 13.2 Å². The van der Waals surface area contributed by atoms with E-state index in [4.69, 9.17) is 4.74 Å². The van der Waals surface area contributed by atoms with Crippen molar-refractivity contribution in [2.75, 3.05) is 18.5 Å². The summed E-state index contributed by atoms with van der Waals surface area (Å²) >= 11 is 0. The Kier molecular flexibility index (Phi) is 5.31. The average Bonchev–Trinajstić information content (AvgIpc) is 2.38. The van der Waals surface area contributed by atoms with Crippen molar-refractivity contribution in [2.45, 2.75) is 45.2 Å². The van der Waals surface area contributed by atoms with Gasteiger partial charge in [0, 0.05) is 12.6 Å². The summed E-state index contributed by atoms with van der Waals surface area (Å²) in [6, 6.07) is 1.99. The number of anilines is 1. The third kappa shape index (κ3) is 4.79. The van der Waals surface area contributed by atoms with Crippen molar-refractivity contribution in [3.05, 3.63) is 17.7 Å². The molecule has 1 aromatic heterocycles. The Morgan fingerprint density at radius 2 is 2.10 bits per heavy atom. The van der Waals surface area contributed by atoms with Crippen molar-refractivity contribution >= 4 is 5.82 Å². The first-order chi connectivity index (χ1) is 9.99. The number of rotatable bonds is 7. The molecule has 1 heterocycles. The van der Waals surface area contributed by atoms with E-state index in [0.29, 0.717) is 19.1 Å². The Morgan fingerprint density at radius 3 is 2.67 bits per heavy atom. The van der Waals surface area contributed by atoms with Crippen LogP contribution in [0.4, 0.5) is 19.0 Å². The van der Waals surface area contributed by atoms with E-state index in [2.05, 4.69) is 10.3 Å². The molecule has 2 rings (SSSR count). The third-order valence-corrected chi connectivity index (χ3v) is 3.69. The van der Waals surface area contributed by atoms with E-state index in [1.165, 1.54) is 19.3 Å². The van der Waals surface area contributed by atoms with E-state index >= 15 is 0 Å². The van der Waals surface area contributed by atoms with Gasteiger partial charge in [0.2, 0.25) is 5.88 Å². The second kappa shape index (κ2) is 7.00. The number of aromatic nitrogens is 1. The number of ether oxygens (including phenoxy) is 1. The maximum Gasteiger partial charge on any atom is 0.416 e. The maximum atomic E-state index is 12.9. The fraction of sp³-hybridized carbons (Fsp3) is 0.667. The lowest BCUT2D eigenvalue weighted by Gasteiger charge is -2.24. The van der Waals surface area contributed by atoms with Crippen molar-refractivity contribution in [3.8, 4) is 5.88 Å². The summed E-state index contributed by atoms with van der Waals surface area (Å²) in [6.45, 7) is 2.94. The van der Waals surface area contributed by atoms with Gasteiger partial charge in [-0.15, -0.1) is 0 Å². The molecule has 0 aromatic carbocycles. The number of nitrogens with zero attached hydrogens (tertiary/aromatic N) is 1. The zero-order valence-corrected chi connectivity index (χ0v) is 12.2. The number of pyridine rings is 1. The highest BCUT2D eigenvalue weighted by atomic mass is 19.4. The van der Waals surface area contributed by atoms with Crippen LogP contribution in [0.3, 0.4) is 0 Å². The topological polar surface area (TPSA) is 34.1 Å². The molecular weight excluding hydrogens is 281 g/mol. The number of hydrogen-bond donors (Lipinski definition) is 1. The van der Waals surface area contributed by atoms with Crippen molar-refractivity contribution < 1.29 is 17.9 Å². The highest BCUT2D eigenvalue weighted by Crippen LogP contribution is 2.33. The van der Waals surface area contributed by atoms with Crippen LogP contribution in [0.25, 0.3) is 0 Å². The largest absolute Gasteiger partial charge is 0.478 e. The molecule has 0 atom stereocenters. The molecule has 6 heteroatoms. The first kappa shape index (κ1) is 15.9. The van der Waals surface area contributed by atoms with Gasteiger partial charge in [0.05, 0.1) is 12.2 Å². The Morgan fingerprint density at radius 1 is 1.33 bits per heavy atom. The average molecular weight is 302 g/mol. The molecule has 1 aromatic rings. The maximum absolute atomic E-state index is 12.9. The molecule has 1 N–H and O–H groups in total. The van der Waals surface area contributed by atoms with Gasteiger partial charge < -0.3 is 10.1 Å². The molecular formula is C15H21F3N2O. The second-order valence-corrected chi connectivity index (χ2v) is 5.44. The number of halogens is 3. The highest BCUT2D eigenvalue weighted by molar-refractivity contribution is 5.42. The van der Waals surface area contributed by atoms with Gasteiger partial charge in [-0.25, -0.2) is 0 Å². The zero-order valence-electron chi connectivity index (χ0n) is 12.2. The van der Waals surface area contributed by atoms with Crippen LogP contribution in [0.2, 0.25) is 0 Å². The van der Waals surface area contributed by atoms with Crippen LogP contribution in [0, 0.1) is 5.92 Å². The molecule has 1 saturated carbocycles. The van der Waals surface area contributed by atoms with Crippen LogP contribution >= 0.6 is 0 Å². The summed E-state index contributed by atoms with van der Waals surface area (Å²) in [5.41, 5.74) is -0.727. The van der Waals surface area contributed by atoms with Crippen LogP contribution in [-0.4, -0.2) is 18.1 Å². The zero-order chi connectivity index (χ0) is 15.3. The van der Waals surface area contributed by atoms with E-state index < -0.39 is 11.7 Å². The predicted molar refractivity (Wildman–Crippen MR) is 75.5 cm³/mol. The molecule has 21 heavy (non-hydrogen) atoms. The molecule has 0 saturated heterocycles. The first-order valence-corrected chi connectivity index (χ1v) is 7.45. The lowest BCUT2D eigenvalue weighted by Crippen LogP contribution is -2.15. The minimum atomic E-state index is -4.39. The minimum absolute atomic E-state index is 0.0442. The fourth-order valence-corrected chi connectivity index (χ4v) is 2.20. The van der Waals surface area contributed by atoms with Gasteiger partial charge in [-0.3, -0.25) is 0 Å². The second-order valence-electron chi connectivity index (χ2n) is 5.44. The molecule has 0 amide bonds. The highest BCUT2D eigenvalue weighted by Gasteiger charge is 2.32. The summed E-state index contributed by atoms with van der Waals surface area (Å²) in [5, 5.41) is 2.88. The molecule has 118 valence electrons.